The summed E-state index contributed by atoms with van der Waals surface area (Å²) >= 11 is 0. The van der Waals surface area contributed by atoms with Crippen LogP contribution in [0.2, 0.25) is 0 Å². The fourth-order valence-electron chi connectivity index (χ4n) is 6.76. The van der Waals surface area contributed by atoms with Gasteiger partial charge in [-0.2, -0.15) is 0 Å². The van der Waals surface area contributed by atoms with Crippen LogP contribution in [0.5, 0.6) is 17.2 Å². The molecular weight excluding hydrogens is 735 g/mol. The fraction of sp³-hybridized carbons (Fsp3) is 0.167. The lowest BCUT2D eigenvalue weighted by molar-refractivity contribution is 0.0249. The minimum absolute atomic E-state index is 0.0354. The number of esters is 1. The quantitative estimate of drug-likeness (QED) is 0.0730. The molecule has 1 saturated carbocycles. The van der Waals surface area contributed by atoms with Crippen molar-refractivity contribution in [2.75, 3.05) is 0 Å². The number of nitrogens with one attached hydrogen (secondary N) is 1. The van der Waals surface area contributed by atoms with Gasteiger partial charge in [-0.3, -0.25) is 9.59 Å². The largest absolute Gasteiger partial charge is 0.489 e. The minimum Gasteiger partial charge on any atom is -0.489 e. The van der Waals surface area contributed by atoms with E-state index in [1.165, 1.54) is 30.3 Å². The second-order valence-corrected chi connectivity index (χ2v) is 13.8. The van der Waals surface area contributed by atoms with Gasteiger partial charge in [0.1, 0.15) is 43.2 Å². The molecule has 0 unspecified atom stereocenters. The number of hydrogen-bond donors (Lipinski definition) is 2. The molecule has 0 heterocycles. The van der Waals surface area contributed by atoms with E-state index >= 15 is 0 Å². The van der Waals surface area contributed by atoms with Crippen molar-refractivity contribution in [1.29, 1.82) is 0 Å². The van der Waals surface area contributed by atoms with Gasteiger partial charge in [0.05, 0.1) is 28.3 Å². The molecular formula is C48H41NO9. The van der Waals surface area contributed by atoms with E-state index in [-0.39, 0.29) is 52.9 Å². The molecule has 0 aromatic heterocycles. The zero-order valence-electron chi connectivity index (χ0n) is 31.5. The Morgan fingerprint density at radius 1 is 0.569 bits per heavy atom. The summed E-state index contributed by atoms with van der Waals surface area (Å²) < 4.78 is 24.0. The number of ketones is 1. The third kappa shape index (κ3) is 9.78. The Hall–Kier alpha value is -7.20. The number of aromatic carboxylic acids is 1. The van der Waals surface area contributed by atoms with Crippen molar-refractivity contribution in [3.05, 3.63) is 196 Å². The molecule has 6 aromatic rings. The second-order valence-electron chi connectivity index (χ2n) is 13.8. The first kappa shape index (κ1) is 39.1. The van der Waals surface area contributed by atoms with Crippen molar-refractivity contribution >= 4 is 23.6 Å². The SMILES string of the molecule is O=C(N[C@@H]1CCC[C@H]1OC(=O)c1ccc(C(=O)c2c(OCc3ccccc3)cccc2C(=O)O)c(OCc2ccccc2)c1)c1ccc(OCc2ccccc2)cc1. The summed E-state index contributed by atoms with van der Waals surface area (Å²) in [4.78, 5) is 53.8. The molecule has 10 nitrogen and oxygen atoms in total. The average Bonchev–Trinajstić information content (AvgIpc) is 3.70. The Morgan fingerprint density at radius 3 is 1.74 bits per heavy atom. The smallest absolute Gasteiger partial charge is 0.338 e. The van der Waals surface area contributed by atoms with Gasteiger partial charge in [0, 0.05) is 5.56 Å². The summed E-state index contributed by atoms with van der Waals surface area (Å²) in [6, 6.07) is 43.6. The molecule has 58 heavy (non-hydrogen) atoms. The molecule has 1 aliphatic carbocycles. The van der Waals surface area contributed by atoms with Crippen LogP contribution in [0, 0.1) is 0 Å². The highest BCUT2D eigenvalue weighted by molar-refractivity contribution is 6.17. The molecule has 0 aliphatic heterocycles. The van der Waals surface area contributed by atoms with Gasteiger partial charge in [-0.25, -0.2) is 9.59 Å². The van der Waals surface area contributed by atoms with Crippen LogP contribution < -0.4 is 19.5 Å². The molecule has 2 atom stereocenters. The van der Waals surface area contributed by atoms with E-state index in [0.29, 0.717) is 30.8 Å². The molecule has 2 N–H and O–H groups in total. The number of carbonyl (C=O) groups is 4. The molecule has 7 rings (SSSR count). The van der Waals surface area contributed by atoms with E-state index in [4.69, 9.17) is 18.9 Å². The molecule has 1 fully saturated rings. The zero-order valence-corrected chi connectivity index (χ0v) is 31.5. The number of ether oxygens (including phenoxy) is 4. The van der Waals surface area contributed by atoms with E-state index in [1.54, 1.807) is 30.3 Å². The van der Waals surface area contributed by atoms with Crippen molar-refractivity contribution in [1.82, 2.24) is 5.32 Å². The third-order valence-electron chi connectivity index (χ3n) is 9.81. The van der Waals surface area contributed by atoms with Gasteiger partial charge in [-0.15, -0.1) is 0 Å². The van der Waals surface area contributed by atoms with E-state index in [1.807, 2.05) is 91.0 Å². The van der Waals surface area contributed by atoms with E-state index in [9.17, 15) is 24.3 Å². The maximum atomic E-state index is 14.4. The average molecular weight is 776 g/mol. The number of carboxylic acids is 1. The Labute approximate surface area is 336 Å². The molecule has 6 aromatic carbocycles. The van der Waals surface area contributed by atoms with Gasteiger partial charge < -0.3 is 29.4 Å². The maximum absolute atomic E-state index is 14.4. The highest BCUT2D eigenvalue weighted by Crippen LogP contribution is 2.32. The van der Waals surface area contributed by atoms with Gasteiger partial charge in [0.15, 0.2) is 0 Å². The van der Waals surface area contributed by atoms with E-state index in [2.05, 4.69) is 5.32 Å². The highest BCUT2D eigenvalue weighted by atomic mass is 16.5. The Bertz CT molecular complexity index is 2360. The number of carboxylic acid groups (broad SMARTS) is 1. The standard InChI is InChI=1S/C48H41NO9/c50-45(44-39(47(52)53)18-10-21-42(44)56-30-33-14-6-2-7-15-33)38-27-24-36(28-43(38)57-31-34-16-8-3-9-17-34)48(54)58-41-20-11-19-40(41)49-46(51)35-22-25-37(26-23-35)55-29-32-12-4-1-5-13-32/h1-10,12-18,21-28,40-41H,11,19-20,29-31H2,(H,49,51)(H,52,53)/t40-,41-/m1/s1. The molecule has 292 valence electrons. The van der Waals surface area contributed by atoms with Crippen LogP contribution in [0.4, 0.5) is 0 Å². The number of benzene rings is 6. The van der Waals surface area contributed by atoms with Crippen LogP contribution >= 0.6 is 0 Å². The van der Waals surface area contributed by atoms with Crippen LogP contribution in [0.25, 0.3) is 0 Å². The minimum atomic E-state index is -1.30. The first-order valence-electron chi connectivity index (χ1n) is 19.0. The normalized spacial score (nSPS) is 14.6. The first-order chi connectivity index (χ1) is 28.3. The fourth-order valence-corrected chi connectivity index (χ4v) is 6.76. The first-order valence-corrected chi connectivity index (χ1v) is 19.0. The topological polar surface area (TPSA) is 137 Å². The molecule has 0 bridgehead atoms. The van der Waals surface area contributed by atoms with E-state index < -0.39 is 29.9 Å². The van der Waals surface area contributed by atoms with Crippen LogP contribution in [0.15, 0.2) is 152 Å². The number of rotatable bonds is 16. The molecule has 0 spiro atoms. The van der Waals surface area contributed by atoms with Crippen molar-refractivity contribution < 1.29 is 43.2 Å². The Balaban J connectivity index is 1.08. The summed E-state index contributed by atoms with van der Waals surface area (Å²) in [5.74, 6) is -2.13. The second kappa shape index (κ2) is 18.6. The van der Waals surface area contributed by atoms with Crippen molar-refractivity contribution in [3.63, 3.8) is 0 Å². The van der Waals surface area contributed by atoms with Crippen molar-refractivity contribution in [2.45, 2.75) is 51.2 Å². The van der Waals surface area contributed by atoms with Crippen molar-refractivity contribution in [2.24, 2.45) is 0 Å². The lowest BCUT2D eigenvalue weighted by Gasteiger charge is -2.22. The Kier molecular flexibility index (Phi) is 12.5. The summed E-state index contributed by atoms with van der Waals surface area (Å²) in [6.45, 7) is 0.574. The lowest BCUT2D eigenvalue weighted by atomic mass is 9.95. The van der Waals surface area contributed by atoms with Crippen LogP contribution in [0.3, 0.4) is 0 Å². The predicted octanol–water partition coefficient (Wildman–Crippen LogP) is 8.86. The highest BCUT2D eigenvalue weighted by Gasteiger charge is 2.33. The maximum Gasteiger partial charge on any atom is 0.338 e. The number of hydrogen-bond acceptors (Lipinski definition) is 8. The molecule has 0 radical (unpaired) electrons. The van der Waals surface area contributed by atoms with Crippen LogP contribution in [-0.2, 0) is 24.6 Å². The predicted molar refractivity (Wildman–Crippen MR) is 216 cm³/mol. The van der Waals surface area contributed by atoms with Gasteiger partial charge in [-0.05, 0) is 90.6 Å². The van der Waals surface area contributed by atoms with Crippen LogP contribution in [-0.4, -0.2) is 40.9 Å². The van der Waals surface area contributed by atoms with Gasteiger partial charge in [-0.1, -0.05) is 97.1 Å². The molecule has 0 saturated heterocycles. The molecule has 1 aliphatic rings. The third-order valence-corrected chi connectivity index (χ3v) is 9.81. The molecule has 1 amide bonds. The Morgan fingerprint density at radius 2 is 1.14 bits per heavy atom. The summed E-state index contributed by atoms with van der Waals surface area (Å²) in [5, 5.41) is 13.1. The van der Waals surface area contributed by atoms with Crippen molar-refractivity contribution in [3.8, 4) is 17.2 Å². The van der Waals surface area contributed by atoms with Crippen LogP contribution in [0.1, 0.15) is 82.9 Å². The molecule has 10 heteroatoms. The van der Waals surface area contributed by atoms with E-state index in [0.717, 1.165) is 23.1 Å². The summed E-state index contributed by atoms with van der Waals surface area (Å²) in [5.41, 5.74) is 2.89. The monoisotopic (exact) mass is 775 g/mol. The van der Waals surface area contributed by atoms with Gasteiger partial charge in [0.2, 0.25) is 5.78 Å². The zero-order chi connectivity index (χ0) is 40.3. The van der Waals surface area contributed by atoms with Gasteiger partial charge >= 0.3 is 11.9 Å². The lowest BCUT2D eigenvalue weighted by Crippen LogP contribution is -2.42. The number of carbonyl (C=O) groups excluding carboxylic acids is 3. The number of amides is 1. The summed E-state index contributed by atoms with van der Waals surface area (Å²) in [7, 11) is 0. The van der Waals surface area contributed by atoms with Gasteiger partial charge in [0.25, 0.3) is 5.91 Å². The summed E-state index contributed by atoms with van der Waals surface area (Å²) in [6.07, 6.45) is 1.32.